The van der Waals surface area contributed by atoms with Gasteiger partial charge >= 0.3 is 11.9 Å². The Labute approximate surface area is 266 Å². The number of carbonyl (C=O) groups is 3. The lowest BCUT2D eigenvalue weighted by molar-refractivity contribution is -0.132. The number of esters is 1. The molecule has 1 aromatic heterocycles. The number of nitrogens with zero attached hydrogens (tertiary/aromatic N) is 2. The number of aliphatic hydroxyl groups excluding tert-OH is 1. The highest BCUT2D eigenvalue weighted by atomic mass is 32.1. The number of aromatic nitrogens is 1. The molecule has 0 aliphatic carbocycles. The molecule has 238 valence electrons. The number of anilines is 1. The second-order valence-corrected chi connectivity index (χ2v) is 11.2. The predicted molar refractivity (Wildman–Crippen MR) is 172 cm³/mol. The van der Waals surface area contributed by atoms with Crippen LogP contribution >= 0.6 is 11.3 Å². The molecular formula is C34H38N2O8S. The van der Waals surface area contributed by atoms with Crippen LogP contribution in [0, 0.1) is 6.92 Å². The van der Waals surface area contributed by atoms with Gasteiger partial charge in [0, 0.05) is 5.56 Å². The molecule has 1 N–H and O–H groups in total. The Morgan fingerprint density at radius 2 is 1.78 bits per heavy atom. The van der Waals surface area contributed by atoms with Gasteiger partial charge in [0.2, 0.25) is 0 Å². The van der Waals surface area contributed by atoms with Gasteiger partial charge in [-0.1, -0.05) is 50.3 Å². The summed E-state index contributed by atoms with van der Waals surface area (Å²) in [4.78, 5) is 46.0. The number of amides is 1. The number of Topliss-reactive ketones (excluding diaryl/α,β-unsaturated/α-hetero) is 1. The Hall–Kier alpha value is -4.64. The van der Waals surface area contributed by atoms with E-state index in [2.05, 4.69) is 18.5 Å². The zero-order valence-corrected chi connectivity index (χ0v) is 26.8. The van der Waals surface area contributed by atoms with Gasteiger partial charge in [0.25, 0.3) is 5.78 Å². The highest BCUT2D eigenvalue weighted by Crippen LogP contribution is 2.45. The predicted octanol–water partition coefficient (Wildman–Crippen LogP) is 6.79. The minimum absolute atomic E-state index is 0.00507. The number of benzene rings is 2. The fraction of sp³-hybridized carbons (Fsp3) is 0.353. The topological polar surface area (TPSA) is 124 Å². The van der Waals surface area contributed by atoms with Crippen molar-refractivity contribution in [1.82, 2.24) is 4.98 Å². The zero-order chi connectivity index (χ0) is 32.5. The van der Waals surface area contributed by atoms with Gasteiger partial charge in [-0.25, -0.2) is 9.78 Å². The molecule has 4 rings (SSSR count). The van der Waals surface area contributed by atoms with E-state index in [1.807, 2.05) is 13.8 Å². The number of hydrogen-bond acceptors (Lipinski definition) is 10. The van der Waals surface area contributed by atoms with Crippen molar-refractivity contribution in [3.8, 4) is 17.2 Å². The Bertz CT molecular complexity index is 1580. The summed E-state index contributed by atoms with van der Waals surface area (Å²) in [5, 5.41) is 11.7. The van der Waals surface area contributed by atoms with E-state index in [0.717, 1.165) is 30.6 Å². The molecule has 1 amide bonds. The molecule has 0 saturated carbocycles. The molecule has 0 spiro atoms. The first-order valence-electron chi connectivity index (χ1n) is 14.9. The number of rotatable bonds is 15. The Balaban J connectivity index is 1.85. The minimum atomic E-state index is -1.09. The van der Waals surface area contributed by atoms with Crippen LogP contribution in [0.1, 0.15) is 72.6 Å². The summed E-state index contributed by atoms with van der Waals surface area (Å²) in [6.45, 7) is 12.5. The van der Waals surface area contributed by atoms with E-state index in [0.29, 0.717) is 53.9 Å². The quantitative estimate of drug-likeness (QED) is 0.0481. The van der Waals surface area contributed by atoms with Crippen LogP contribution in [-0.4, -0.2) is 54.2 Å². The largest absolute Gasteiger partial charge is 0.507 e. The summed E-state index contributed by atoms with van der Waals surface area (Å²) >= 11 is 0.925. The Kier molecular flexibility index (Phi) is 11.4. The highest BCUT2D eigenvalue weighted by molar-refractivity contribution is 7.17. The van der Waals surface area contributed by atoms with Gasteiger partial charge in [-0.3, -0.25) is 14.5 Å². The van der Waals surface area contributed by atoms with Crippen LogP contribution < -0.4 is 19.1 Å². The van der Waals surface area contributed by atoms with Crippen molar-refractivity contribution in [2.75, 3.05) is 31.3 Å². The summed E-state index contributed by atoms with van der Waals surface area (Å²) in [6.07, 6.45) is 4.13. The number of thiazole rings is 1. The van der Waals surface area contributed by atoms with Crippen LogP contribution in [0.15, 0.2) is 60.7 Å². The molecule has 45 heavy (non-hydrogen) atoms. The summed E-state index contributed by atoms with van der Waals surface area (Å²) in [5.74, 6) is -1.22. The number of aliphatic hydroxyl groups is 1. The van der Waals surface area contributed by atoms with Gasteiger partial charge in [0.05, 0.1) is 37.1 Å². The summed E-state index contributed by atoms with van der Waals surface area (Å²) in [5.41, 5.74) is 1.01. The van der Waals surface area contributed by atoms with Crippen LogP contribution in [0.5, 0.6) is 17.2 Å². The first kappa shape index (κ1) is 33.3. The van der Waals surface area contributed by atoms with E-state index in [9.17, 15) is 19.5 Å². The molecule has 1 unspecified atom stereocenters. The Morgan fingerprint density at radius 3 is 2.44 bits per heavy atom. The van der Waals surface area contributed by atoms with Crippen LogP contribution in [0.3, 0.4) is 0 Å². The molecule has 1 atom stereocenters. The summed E-state index contributed by atoms with van der Waals surface area (Å²) < 4.78 is 22.7. The standard InChI is InChI=1S/C34H38N2O8S/c1-6-10-19-42-24-14-11-22(12-15-24)29(37)27-28(23-13-16-25(43-17-7-2)26(20-23)41-9-4)36(32(39)30(27)38)34-35-21(5)31(45-34)33(40)44-18-8-3/h8,11-16,20,28,37H,3,6-7,9-10,17-19H2,1-2,4-5H3/b29-27-. The van der Waals surface area contributed by atoms with Crippen LogP contribution in [0.4, 0.5) is 5.13 Å². The second kappa shape index (κ2) is 15.4. The van der Waals surface area contributed by atoms with Crippen LogP contribution in [0.2, 0.25) is 0 Å². The Morgan fingerprint density at radius 1 is 1.02 bits per heavy atom. The molecule has 10 nitrogen and oxygen atoms in total. The van der Waals surface area contributed by atoms with E-state index in [4.69, 9.17) is 18.9 Å². The SMILES string of the molecule is C=CCOC(=O)c1sc(N2C(=O)C(=O)/C(=C(\O)c3ccc(OCCCC)cc3)C2c2ccc(OCCC)c(OCC)c2)nc1C. The molecule has 1 saturated heterocycles. The third-order valence-electron chi connectivity index (χ3n) is 6.89. The van der Waals surface area contributed by atoms with Crippen molar-refractivity contribution in [2.24, 2.45) is 0 Å². The monoisotopic (exact) mass is 634 g/mol. The van der Waals surface area contributed by atoms with Crippen molar-refractivity contribution in [3.05, 3.63) is 82.4 Å². The van der Waals surface area contributed by atoms with Crippen molar-refractivity contribution in [3.63, 3.8) is 0 Å². The number of unbranched alkanes of at least 4 members (excludes halogenated alkanes) is 1. The number of ether oxygens (including phenoxy) is 4. The third-order valence-corrected chi connectivity index (χ3v) is 8.03. The maximum atomic E-state index is 13.7. The van der Waals surface area contributed by atoms with Gasteiger partial charge in [-0.15, -0.1) is 0 Å². The average Bonchev–Trinajstić information content (AvgIpc) is 3.55. The lowest BCUT2D eigenvalue weighted by atomic mass is 9.95. The van der Waals surface area contributed by atoms with Crippen molar-refractivity contribution in [1.29, 1.82) is 0 Å². The maximum Gasteiger partial charge on any atom is 0.350 e. The van der Waals surface area contributed by atoms with Crippen molar-refractivity contribution < 1.29 is 38.4 Å². The van der Waals surface area contributed by atoms with E-state index in [-0.39, 0.29) is 27.9 Å². The van der Waals surface area contributed by atoms with E-state index in [1.165, 1.54) is 11.0 Å². The number of hydrogen-bond donors (Lipinski definition) is 1. The molecule has 0 radical (unpaired) electrons. The first-order valence-corrected chi connectivity index (χ1v) is 15.8. The van der Waals surface area contributed by atoms with Gasteiger partial charge < -0.3 is 24.1 Å². The van der Waals surface area contributed by atoms with Crippen molar-refractivity contribution in [2.45, 2.75) is 53.0 Å². The van der Waals surface area contributed by atoms with Crippen molar-refractivity contribution >= 4 is 39.9 Å². The number of carbonyl (C=O) groups excluding carboxylic acids is 3. The van der Waals surface area contributed by atoms with Gasteiger partial charge in [-0.2, -0.15) is 0 Å². The smallest absolute Gasteiger partial charge is 0.350 e. The molecule has 2 aromatic carbocycles. The lowest BCUT2D eigenvalue weighted by Gasteiger charge is -2.24. The zero-order valence-electron chi connectivity index (χ0n) is 26.0. The fourth-order valence-corrected chi connectivity index (χ4v) is 5.70. The first-order chi connectivity index (χ1) is 21.7. The highest BCUT2D eigenvalue weighted by Gasteiger charge is 2.48. The van der Waals surface area contributed by atoms with E-state index < -0.39 is 23.7 Å². The molecule has 1 aliphatic heterocycles. The third kappa shape index (κ3) is 7.37. The van der Waals surface area contributed by atoms with Crippen LogP contribution in [0.25, 0.3) is 5.76 Å². The summed E-state index contributed by atoms with van der Waals surface area (Å²) in [7, 11) is 0. The minimum Gasteiger partial charge on any atom is -0.507 e. The van der Waals surface area contributed by atoms with E-state index in [1.54, 1.807) is 49.4 Å². The number of aryl methyl sites for hydroxylation is 1. The van der Waals surface area contributed by atoms with Gasteiger partial charge in [0.1, 0.15) is 23.0 Å². The normalized spacial score (nSPS) is 15.6. The van der Waals surface area contributed by atoms with Gasteiger partial charge in [-0.05, 0) is 68.7 Å². The summed E-state index contributed by atoms with van der Waals surface area (Å²) in [6, 6.07) is 10.7. The molecule has 1 fully saturated rings. The fourth-order valence-electron chi connectivity index (χ4n) is 4.71. The van der Waals surface area contributed by atoms with E-state index >= 15 is 0 Å². The number of ketones is 1. The lowest BCUT2D eigenvalue weighted by Crippen LogP contribution is -2.29. The molecule has 3 aromatic rings. The molecule has 0 bridgehead atoms. The molecule has 1 aliphatic rings. The second-order valence-electron chi connectivity index (χ2n) is 10.2. The maximum absolute atomic E-state index is 13.7. The van der Waals surface area contributed by atoms with Gasteiger partial charge in [0.15, 0.2) is 16.6 Å². The average molecular weight is 635 g/mol. The molecule has 11 heteroatoms. The van der Waals surface area contributed by atoms with Crippen LogP contribution in [-0.2, 0) is 14.3 Å². The molecule has 2 heterocycles. The molecular weight excluding hydrogens is 596 g/mol.